The molecule has 3 unspecified atom stereocenters. The van der Waals surface area contributed by atoms with E-state index in [1.54, 1.807) is 43.5 Å². The third-order valence-electron chi connectivity index (χ3n) is 8.79. The fourth-order valence-electron chi connectivity index (χ4n) is 6.74. The number of carbonyl (C=O) groups is 3. The van der Waals surface area contributed by atoms with Gasteiger partial charge in [-0.25, -0.2) is 9.69 Å². The molecule has 41 heavy (non-hydrogen) atoms. The Morgan fingerprint density at radius 3 is 2.34 bits per heavy atom. The minimum atomic E-state index is -1.53. The smallest absolute Gasteiger partial charge is 0.335 e. The molecule has 2 aromatic carbocycles. The number of carbonyl (C=O) groups excluding carboxylic acids is 3. The molecule has 4 amide bonds. The molecule has 2 saturated heterocycles. The van der Waals surface area contributed by atoms with E-state index in [1.165, 1.54) is 0 Å². The topological polar surface area (TPSA) is 101 Å². The zero-order chi connectivity index (χ0) is 28.7. The lowest BCUT2D eigenvalue weighted by Gasteiger charge is -2.47. The van der Waals surface area contributed by atoms with Crippen molar-refractivity contribution < 1.29 is 19.1 Å². The third-order valence-corrected chi connectivity index (χ3v) is 8.79. The van der Waals surface area contributed by atoms with Crippen molar-refractivity contribution in [1.29, 1.82) is 0 Å². The molecule has 1 N–H and O–H groups in total. The molecule has 3 atom stereocenters. The van der Waals surface area contributed by atoms with Gasteiger partial charge >= 0.3 is 6.03 Å². The van der Waals surface area contributed by atoms with E-state index in [1.807, 2.05) is 41.8 Å². The first-order chi connectivity index (χ1) is 19.8. The number of ether oxygens (including phenoxy) is 1. The summed E-state index contributed by atoms with van der Waals surface area (Å²) in [5, 5.41) is 2.51. The first-order valence-electron chi connectivity index (χ1n) is 14.1. The Morgan fingerprint density at radius 2 is 1.63 bits per heavy atom. The van der Waals surface area contributed by atoms with Gasteiger partial charge in [0.1, 0.15) is 11.2 Å². The maximum atomic E-state index is 14.5. The predicted molar refractivity (Wildman–Crippen MR) is 154 cm³/mol. The molecule has 0 saturated carbocycles. The molecule has 1 aromatic heterocycles. The van der Waals surface area contributed by atoms with Crippen molar-refractivity contribution >= 4 is 23.5 Å². The van der Waals surface area contributed by atoms with E-state index >= 15 is 0 Å². The highest BCUT2D eigenvalue weighted by atomic mass is 16.5. The number of urea groups is 1. The van der Waals surface area contributed by atoms with Crippen LogP contribution in [0.2, 0.25) is 0 Å². The van der Waals surface area contributed by atoms with Crippen LogP contribution in [-0.4, -0.2) is 54.1 Å². The molecule has 2 fully saturated rings. The number of nitrogens with zero attached hydrogens (tertiary/aromatic N) is 3. The van der Waals surface area contributed by atoms with Crippen LogP contribution >= 0.6 is 0 Å². The Hall–Kier alpha value is -4.24. The summed E-state index contributed by atoms with van der Waals surface area (Å²) >= 11 is 0. The Morgan fingerprint density at radius 1 is 0.902 bits per heavy atom. The minimum Gasteiger partial charge on any atom is -0.497 e. The van der Waals surface area contributed by atoms with Crippen molar-refractivity contribution in [2.75, 3.05) is 31.6 Å². The maximum Gasteiger partial charge on any atom is 0.335 e. The van der Waals surface area contributed by atoms with Gasteiger partial charge < -0.3 is 14.2 Å². The number of likely N-dealkylation sites (tertiary alicyclic amines) is 1. The number of methoxy groups -OCH3 is 1. The quantitative estimate of drug-likeness (QED) is 0.450. The number of anilines is 1. The van der Waals surface area contributed by atoms with Gasteiger partial charge in [0, 0.05) is 43.9 Å². The Kier molecular flexibility index (Phi) is 6.99. The first-order valence-corrected chi connectivity index (χ1v) is 14.1. The second kappa shape index (κ2) is 10.6. The number of imide groups is 2. The molecule has 0 aliphatic carbocycles. The van der Waals surface area contributed by atoms with Gasteiger partial charge in [-0.2, -0.15) is 0 Å². The standard InChI is InChI=1S/C32H34N4O5/c1-3-21-7-11-25(12-8-21)36-30(39)32(29(38)33-31(36)40,16-22-9-13-26(41-2)14-10-22)20-34-17-23-15-24(19-34)27-5-4-6-28(37)35(27)18-23/h4-14,23-24H,3,15-20H2,1-2H3,(H,33,38,40). The van der Waals surface area contributed by atoms with Crippen molar-refractivity contribution in [1.82, 2.24) is 14.8 Å². The maximum absolute atomic E-state index is 14.5. The molecule has 2 bridgehead atoms. The average molecular weight is 555 g/mol. The summed E-state index contributed by atoms with van der Waals surface area (Å²) < 4.78 is 7.17. The van der Waals surface area contributed by atoms with Crippen LogP contribution in [-0.2, 0) is 29.0 Å². The van der Waals surface area contributed by atoms with Gasteiger partial charge in [-0.3, -0.25) is 19.7 Å². The molecule has 3 aliphatic heterocycles. The van der Waals surface area contributed by atoms with Crippen LogP contribution in [0.1, 0.15) is 36.1 Å². The molecule has 3 aromatic rings. The van der Waals surface area contributed by atoms with Crippen molar-refractivity contribution in [2.24, 2.45) is 11.3 Å². The second-order valence-corrected chi connectivity index (χ2v) is 11.4. The van der Waals surface area contributed by atoms with Gasteiger partial charge in [0.25, 0.3) is 11.5 Å². The van der Waals surface area contributed by atoms with E-state index in [4.69, 9.17) is 4.74 Å². The zero-order valence-corrected chi connectivity index (χ0v) is 23.3. The number of pyridine rings is 1. The molecule has 3 aliphatic rings. The summed E-state index contributed by atoms with van der Waals surface area (Å²) in [6.07, 6.45) is 1.91. The molecule has 212 valence electrons. The summed E-state index contributed by atoms with van der Waals surface area (Å²) in [7, 11) is 1.58. The molecule has 6 rings (SSSR count). The number of rotatable bonds is 7. The number of nitrogens with one attached hydrogen (secondary N) is 1. The SMILES string of the molecule is CCc1ccc(N2C(=O)NC(=O)C(Cc3ccc(OC)cc3)(CN3CC4CC(C3)c3cccc(=O)n3C4)C2=O)cc1. The van der Waals surface area contributed by atoms with E-state index in [2.05, 4.69) is 10.2 Å². The summed E-state index contributed by atoms with van der Waals surface area (Å²) in [6, 6.07) is 19.3. The lowest BCUT2D eigenvalue weighted by molar-refractivity contribution is -0.144. The Labute approximate surface area is 238 Å². The highest BCUT2D eigenvalue weighted by Gasteiger charge is 2.55. The van der Waals surface area contributed by atoms with Gasteiger partial charge in [0.15, 0.2) is 0 Å². The van der Waals surface area contributed by atoms with E-state index in [0.717, 1.165) is 34.6 Å². The molecule has 0 radical (unpaired) electrons. The number of aryl methyl sites for hydroxylation is 1. The zero-order valence-electron chi connectivity index (χ0n) is 23.3. The van der Waals surface area contributed by atoms with Gasteiger partial charge in [0.05, 0.1) is 12.8 Å². The average Bonchev–Trinajstić information content (AvgIpc) is 2.97. The molecule has 4 heterocycles. The number of piperidine rings is 1. The van der Waals surface area contributed by atoms with Crippen molar-refractivity contribution in [3.63, 3.8) is 0 Å². The number of fused-ring (bicyclic) bond motifs is 4. The van der Waals surface area contributed by atoms with Crippen LogP contribution in [0.4, 0.5) is 10.5 Å². The summed E-state index contributed by atoms with van der Waals surface area (Å²) in [4.78, 5) is 57.2. The Bertz CT molecular complexity index is 1550. The van der Waals surface area contributed by atoms with Crippen molar-refractivity contribution in [3.8, 4) is 5.75 Å². The predicted octanol–water partition coefficient (Wildman–Crippen LogP) is 3.35. The minimum absolute atomic E-state index is 0.00621. The van der Waals surface area contributed by atoms with Gasteiger partial charge in [-0.1, -0.05) is 37.3 Å². The molecule has 9 heteroatoms. The summed E-state index contributed by atoms with van der Waals surface area (Å²) in [5.41, 5.74) is 1.77. The normalized spacial score (nSPS) is 24.1. The number of amides is 4. The van der Waals surface area contributed by atoms with E-state index in [0.29, 0.717) is 31.1 Å². The van der Waals surface area contributed by atoms with Crippen molar-refractivity contribution in [3.05, 3.63) is 93.9 Å². The van der Waals surface area contributed by atoms with Crippen LogP contribution in [0, 0.1) is 11.3 Å². The monoisotopic (exact) mass is 554 g/mol. The highest BCUT2D eigenvalue weighted by Crippen LogP contribution is 2.39. The largest absolute Gasteiger partial charge is 0.497 e. The third kappa shape index (κ3) is 4.84. The van der Waals surface area contributed by atoms with E-state index < -0.39 is 23.3 Å². The second-order valence-electron chi connectivity index (χ2n) is 11.4. The number of hydrogen-bond acceptors (Lipinski definition) is 6. The van der Waals surface area contributed by atoms with Gasteiger partial charge in [-0.05, 0) is 66.6 Å². The summed E-state index contributed by atoms with van der Waals surface area (Å²) in [5.74, 6) is -0.0976. The lowest BCUT2D eigenvalue weighted by Crippen LogP contribution is -2.68. The fourth-order valence-corrected chi connectivity index (χ4v) is 6.74. The Balaban J connectivity index is 1.37. The van der Waals surface area contributed by atoms with Crippen LogP contribution in [0.5, 0.6) is 5.75 Å². The number of benzene rings is 2. The number of aromatic nitrogens is 1. The van der Waals surface area contributed by atoms with Gasteiger partial charge in [-0.15, -0.1) is 0 Å². The highest BCUT2D eigenvalue weighted by molar-refractivity contribution is 6.30. The molecule has 0 spiro atoms. The fraction of sp³-hybridized carbons (Fsp3) is 0.375. The molecular formula is C32H34N4O5. The number of barbiturate groups is 1. The van der Waals surface area contributed by atoms with Crippen molar-refractivity contribution in [2.45, 2.75) is 38.6 Å². The lowest BCUT2D eigenvalue weighted by atomic mass is 9.75. The summed E-state index contributed by atoms with van der Waals surface area (Å²) in [6.45, 7) is 4.08. The van der Waals surface area contributed by atoms with Crippen LogP contribution in [0.25, 0.3) is 0 Å². The van der Waals surface area contributed by atoms with Crippen LogP contribution < -0.4 is 20.5 Å². The van der Waals surface area contributed by atoms with Crippen LogP contribution in [0.3, 0.4) is 0 Å². The number of hydrogen-bond donors (Lipinski definition) is 1. The van der Waals surface area contributed by atoms with Gasteiger partial charge in [0.2, 0.25) is 5.91 Å². The first kappa shape index (κ1) is 27.0. The van der Waals surface area contributed by atoms with E-state index in [9.17, 15) is 19.2 Å². The molecule has 9 nitrogen and oxygen atoms in total. The molecular weight excluding hydrogens is 520 g/mol. The van der Waals surface area contributed by atoms with E-state index in [-0.39, 0.29) is 30.4 Å². The van der Waals surface area contributed by atoms with Crippen LogP contribution in [0.15, 0.2) is 71.5 Å².